The maximum absolute atomic E-state index is 12.8. The third-order valence-corrected chi connectivity index (χ3v) is 6.21. The number of hydrogen-bond acceptors (Lipinski definition) is 7. The van der Waals surface area contributed by atoms with Crippen molar-refractivity contribution in [3.8, 4) is 5.75 Å². The van der Waals surface area contributed by atoms with Crippen molar-refractivity contribution in [3.05, 3.63) is 36.2 Å². The summed E-state index contributed by atoms with van der Waals surface area (Å²) in [6.45, 7) is 1.84. The molecule has 0 fully saturated rings. The molecular formula is C17H14F3N5O3S2. The largest absolute Gasteiger partial charge is 0.573 e. The molecule has 0 unspecified atom stereocenters. The summed E-state index contributed by atoms with van der Waals surface area (Å²) in [5.41, 5.74) is 1.88. The normalized spacial score (nSPS) is 12.6. The Morgan fingerprint density at radius 1 is 1.20 bits per heavy atom. The van der Waals surface area contributed by atoms with Gasteiger partial charge in [-0.2, -0.15) is 0 Å². The number of nitrogens with one attached hydrogen (secondary N) is 1. The number of thiazole rings is 1. The first kappa shape index (κ1) is 20.4. The van der Waals surface area contributed by atoms with E-state index >= 15 is 0 Å². The molecule has 2 heterocycles. The van der Waals surface area contributed by atoms with Gasteiger partial charge in [-0.3, -0.25) is 0 Å². The quantitative estimate of drug-likeness (QED) is 0.482. The predicted octanol–water partition coefficient (Wildman–Crippen LogP) is 3.78. The van der Waals surface area contributed by atoms with Crippen LogP contribution in [0.1, 0.15) is 5.82 Å². The zero-order chi connectivity index (χ0) is 21.8. The molecule has 13 heteroatoms. The molecule has 158 valence electrons. The second kappa shape index (κ2) is 6.82. The number of aromatic nitrogens is 3. The molecule has 2 aromatic carbocycles. The highest BCUT2D eigenvalue weighted by Gasteiger charge is 2.32. The number of anilines is 2. The lowest BCUT2D eigenvalue weighted by molar-refractivity contribution is -0.274. The Kier molecular flexibility index (Phi) is 4.63. The molecule has 0 amide bonds. The van der Waals surface area contributed by atoms with Crippen molar-refractivity contribution in [1.82, 2.24) is 14.5 Å². The Labute approximate surface area is 172 Å². The van der Waals surface area contributed by atoms with E-state index in [1.54, 1.807) is 6.07 Å². The van der Waals surface area contributed by atoms with Gasteiger partial charge in [0.15, 0.2) is 10.9 Å². The van der Waals surface area contributed by atoms with E-state index < -0.39 is 22.1 Å². The van der Waals surface area contributed by atoms with Gasteiger partial charge < -0.3 is 14.6 Å². The first-order valence-corrected chi connectivity index (χ1v) is 10.7. The molecule has 0 aliphatic rings. The van der Waals surface area contributed by atoms with Crippen LogP contribution in [0.4, 0.5) is 24.0 Å². The fourth-order valence-corrected chi connectivity index (χ4v) is 4.39. The van der Waals surface area contributed by atoms with Gasteiger partial charge in [0, 0.05) is 7.05 Å². The number of nitrogens with zero attached hydrogens (tertiary/aromatic N) is 3. The first-order chi connectivity index (χ1) is 13.9. The van der Waals surface area contributed by atoms with Crippen LogP contribution < -0.4 is 15.2 Å². The van der Waals surface area contributed by atoms with Crippen LogP contribution in [0.5, 0.6) is 5.75 Å². The molecule has 0 aliphatic heterocycles. The van der Waals surface area contributed by atoms with Crippen LogP contribution in [0.2, 0.25) is 0 Å². The van der Waals surface area contributed by atoms with Gasteiger partial charge in [0.25, 0.3) is 0 Å². The number of primary sulfonamides is 1. The molecule has 0 atom stereocenters. The number of benzene rings is 2. The summed E-state index contributed by atoms with van der Waals surface area (Å²) in [5, 5.41) is 8.06. The number of alkyl halides is 3. The molecule has 0 aliphatic carbocycles. The number of ether oxygens (including phenoxy) is 1. The maximum Gasteiger partial charge on any atom is 0.573 e. The van der Waals surface area contributed by atoms with E-state index in [-0.39, 0.29) is 15.7 Å². The minimum atomic E-state index is -4.97. The number of nitrogens with two attached hydrogens (primary N) is 1. The van der Waals surface area contributed by atoms with Crippen LogP contribution in [-0.2, 0) is 17.1 Å². The number of sulfonamides is 1. The highest BCUT2D eigenvalue weighted by atomic mass is 32.2. The van der Waals surface area contributed by atoms with Crippen LogP contribution in [0, 0.1) is 6.92 Å². The number of halogens is 3. The van der Waals surface area contributed by atoms with Gasteiger partial charge in [-0.15, -0.1) is 13.2 Å². The Balaban J connectivity index is 1.82. The molecule has 2 aromatic heterocycles. The van der Waals surface area contributed by atoms with Gasteiger partial charge in [-0.05, 0) is 37.3 Å². The maximum atomic E-state index is 12.8. The van der Waals surface area contributed by atoms with Gasteiger partial charge in [-0.25, -0.2) is 23.5 Å². The number of aryl methyl sites for hydroxylation is 2. The van der Waals surface area contributed by atoms with E-state index in [1.807, 2.05) is 24.6 Å². The second-order valence-electron chi connectivity index (χ2n) is 6.39. The highest BCUT2D eigenvalue weighted by Crippen LogP contribution is 2.37. The molecular weight excluding hydrogens is 443 g/mol. The van der Waals surface area contributed by atoms with Gasteiger partial charge in [0.2, 0.25) is 10.0 Å². The SMILES string of the molecule is Cc1nc2ccc3sc(Nc4cc(S(N)(=O)=O)ccc4OC(F)(F)F)nc3c2n1C. The zero-order valence-corrected chi connectivity index (χ0v) is 17.1. The fraction of sp³-hybridized carbons (Fsp3) is 0.176. The van der Waals surface area contributed by atoms with E-state index in [0.29, 0.717) is 5.52 Å². The molecule has 3 N–H and O–H groups in total. The van der Waals surface area contributed by atoms with Crippen molar-refractivity contribution < 1.29 is 26.3 Å². The standard InChI is InChI=1S/C17H14F3N5O3S2/c1-8-22-10-4-6-13-14(15(10)25(8)2)24-16(29-13)23-11-7-9(30(21,26)27)3-5-12(11)28-17(18,19)20/h3-7H,1-2H3,(H,23,24)(H2,21,26,27). The van der Waals surface area contributed by atoms with E-state index in [1.165, 1.54) is 11.3 Å². The Bertz CT molecular complexity index is 1390. The fourth-order valence-electron chi connectivity index (χ4n) is 2.97. The molecule has 0 radical (unpaired) electrons. The lowest BCUT2D eigenvalue weighted by Gasteiger charge is -2.14. The molecule has 4 rings (SSSR count). The van der Waals surface area contributed by atoms with Crippen LogP contribution >= 0.6 is 11.3 Å². The van der Waals surface area contributed by atoms with Gasteiger partial charge in [0.1, 0.15) is 11.3 Å². The number of hydrogen-bond donors (Lipinski definition) is 2. The van der Waals surface area contributed by atoms with Crippen LogP contribution in [-0.4, -0.2) is 29.3 Å². The topological polar surface area (TPSA) is 112 Å². The molecule has 4 aromatic rings. The molecule has 0 saturated heterocycles. The first-order valence-electron chi connectivity index (χ1n) is 8.34. The summed E-state index contributed by atoms with van der Waals surface area (Å²) in [6, 6.07) is 6.41. The van der Waals surface area contributed by atoms with Crippen molar-refractivity contribution in [2.75, 3.05) is 5.32 Å². The van der Waals surface area contributed by atoms with Crippen LogP contribution in [0.25, 0.3) is 21.3 Å². The Morgan fingerprint density at radius 3 is 2.60 bits per heavy atom. The average molecular weight is 457 g/mol. The molecule has 0 spiro atoms. The monoisotopic (exact) mass is 457 g/mol. The van der Waals surface area contributed by atoms with Gasteiger partial charge in [-0.1, -0.05) is 11.3 Å². The van der Waals surface area contributed by atoms with Crippen LogP contribution in [0.3, 0.4) is 0 Å². The van der Waals surface area contributed by atoms with E-state index in [4.69, 9.17) is 5.14 Å². The molecule has 8 nitrogen and oxygen atoms in total. The van der Waals surface area contributed by atoms with Crippen molar-refractivity contribution in [3.63, 3.8) is 0 Å². The van der Waals surface area contributed by atoms with Crippen molar-refractivity contribution in [2.24, 2.45) is 12.2 Å². The Morgan fingerprint density at radius 2 is 1.93 bits per heavy atom. The molecule has 30 heavy (non-hydrogen) atoms. The summed E-state index contributed by atoms with van der Waals surface area (Å²) in [4.78, 5) is 8.53. The number of imidazole rings is 1. The second-order valence-corrected chi connectivity index (χ2v) is 8.98. The van der Waals surface area contributed by atoms with Crippen molar-refractivity contribution >= 4 is 53.4 Å². The minimum Gasteiger partial charge on any atom is -0.404 e. The van der Waals surface area contributed by atoms with E-state index in [0.717, 1.165) is 39.8 Å². The number of rotatable bonds is 4. The lowest BCUT2D eigenvalue weighted by atomic mass is 10.3. The van der Waals surface area contributed by atoms with Crippen molar-refractivity contribution in [2.45, 2.75) is 18.2 Å². The smallest absolute Gasteiger partial charge is 0.404 e. The third-order valence-electron chi connectivity index (χ3n) is 4.36. The zero-order valence-electron chi connectivity index (χ0n) is 15.5. The minimum absolute atomic E-state index is 0.240. The summed E-state index contributed by atoms with van der Waals surface area (Å²) in [6.07, 6.45) is -4.97. The average Bonchev–Trinajstić information content (AvgIpc) is 3.14. The molecule has 0 saturated carbocycles. The molecule has 0 bridgehead atoms. The van der Waals surface area contributed by atoms with Crippen LogP contribution in [0.15, 0.2) is 35.2 Å². The van der Waals surface area contributed by atoms with Gasteiger partial charge in [0.05, 0.1) is 26.3 Å². The summed E-state index contributed by atoms with van der Waals surface area (Å²) in [5.74, 6) is 0.164. The summed E-state index contributed by atoms with van der Waals surface area (Å²) in [7, 11) is -2.31. The van der Waals surface area contributed by atoms with Crippen molar-refractivity contribution in [1.29, 1.82) is 0 Å². The van der Waals surface area contributed by atoms with Gasteiger partial charge >= 0.3 is 6.36 Å². The van der Waals surface area contributed by atoms with E-state index in [2.05, 4.69) is 20.0 Å². The Hall–Kier alpha value is -2.90. The predicted molar refractivity (Wildman–Crippen MR) is 106 cm³/mol. The summed E-state index contributed by atoms with van der Waals surface area (Å²) < 4.78 is 68.2. The van der Waals surface area contributed by atoms with E-state index in [9.17, 15) is 21.6 Å². The highest BCUT2D eigenvalue weighted by molar-refractivity contribution is 7.89. The lowest BCUT2D eigenvalue weighted by Crippen LogP contribution is -2.18. The third kappa shape index (κ3) is 3.78. The summed E-state index contributed by atoms with van der Waals surface area (Å²) >= 11 is 1.18. The number of fused-ring (bicyclic) bond motifs is 3.